The molecule has 74 heavy (non-hydrogen) atoms. The van der Waals surface area contributed by atoms with Gasteiger partial charge in [-0.3, -0.25) is 4.79 Å². The lowest BCUT2D eigenvalue weighted by Crippen LogP contribution is -2.68. The second kappa shape index (κ2) is 20.0. The lowest BCUT2D eigenvalue weighted by Gasteiger charge is -2.72. The largest absolute Gasteiger partial charge is 0.502 e. The van der Waals surface area contributed by atoms with Crippen molar-refractivity contribution in [3.63, 3.8) is 0 Å². The maximum Gasteiger partial charge on any atom is 0.335 e. The van der Waals surface area contributed by atoms with Gasteiger partial charge in [0, 0.05) is 10.8 Å². The third-order valence-corrected chi connectivity index (χ3v) is 20.7. The molecular weight excluding hydrogens is 973 g/mol. The molecule has 0 spiro atoms. The smallest absolute Gasteiger partial charge is 0.335 e. The molecule has 0 aromatic carbocycles. The summed E-state index contributed by atoms with van der Waals surface area (Å²) in [5.74, 6) is -1.90. The molecule has 0 amide bonds. The second-order valence-corrected chi connectivity index (χ2v) is 25.4. The lowest BCUT2D eigenvalue weighted by molar-refractivity contribution is -0.388. The number of aliphatic carboxylic acids is 1. The number of ketones is 1. The number of ether oxygens (including phenoxy) is 8. The number of fused-ring (bicyclic) bond motifs is 7. The SMILES string of the molecule is CC1=C(O)C(=O)C[C@H](O[C@@H]2CC(C)(C)C[C@H]3C4=CC[C@@H]5[C@@]6(C)CC[C@H](O[C@@H]7O[C@H](C(=O)O)[C@@H](O)[C@H](O)[C@H]7O[C@@H]7OC[C@H](O)[C@H](O)[C@H]7O[C@@H]7O[C@H](CO)[C@@H](O)[C@H](O)[C@H]7O)[C@](C)(CO)[C@@H]6CC[C@@]5(C)[C@]4(C)CC[C@@]23C)O1. The number of carboxylic acids is 1. The average Bonchev–Trinajstić information content (AvgIpc) is 3.34. The normalized spacial score (nSPS) is 52.4. The average molecular weight is 1060 g/mol. The van der Waals surface area contributed by atoms with Crippen LogP contribution in [0.3, 0.4) is 0 Å². The molecule has 4 aliphatic heterocycles. The second-order valence-electron chi connectivity index (χ2n) is 25.4. The Morgan fingerprint density at radius 1 is 0.716 bits per heavy atom. The minimum Gasteiger partial charge on any atom is -0.502 e. The van der Waals surface area contributed by atoms with Gasteiger partial charge in [0.05, 0.1) is 38.4 Å². The van der Waals surface area contributed by atoms with Crippen molar-refractivity contribution >= 4 is 11.8 Å². The predicted octanol–water partition coefficient (Wildman–Crippen LogP) is 1.45. The summed E-state index contributed by atoms with van der Waals surface area (Å²) >= 11 is 0. The monoisotopic (exact) mass is 1050 g/mol. The summed E-state index contributed by atoms with van der Waals surface area (Å²) in [5, 5.41) is 118. The van der Waals surface area contributed by atoms with Gasteiger partial charge >= 0.3 is 5.97 Å². The van der Waals surface area contributed by atoms with Crippen LogP contribution in [0.5, 0.6) is 0 Å². The van der Waals surface area contributed by atoms with Crippen LogP contribution in [0, 0.1) is 50.2 Å². The highest BCUT2D eigenvalue weighted by atomic mass is 16.8. The van der Waals surface area contributed by atoms with E-state index in [1.807, 2.05) is 6.92 Å². The van der Waals surface area contributed by atoms with E-state index in [1.54, 1.807) is 6.92 Å². The molecule has 0 aromatic heterocycles. The number of allylic oxidation sites excluding steroid dienone is 4. The van der Waals surface area contributed by atoms with Crippen LogP contribution < -0.4 is 0 Å². The molecule has 11 N–H and O–H groups in total. The van der Waals surface area contributed by atoms with E-state index in [0.29, 0.717) is 12.8 Å². The summed E-state index contributed by atoms with van der Waals surface area (Å²) in [4.78, 5) is 25.2. The molecule has 0 radical (unpaired) electrons. The van der Waals surface area contributed by atoms with E-state index in [2.05, 4.69) is 47.6 Å². The van der Waals surface area contributed by atoms with E-state index in [-0.39, 0.29) is 81.3 Å². The van der Waals surface area contributed by atoms with Crippen LogP contribution in [0.25, 0.3) is 0 Å². The van der Waals surface area contributed by atoms with Crippen LogP contribution >= 0.6 is 0 Å². The van der Waals surface area contributed by atoms with E-state index in [9.17, 15) is 65.8 Å². The van der Waals surface area contributed by atoms with E-state index in [0.717, 1.165) is 44.9 Å². The van der Waals surface area contributed by atoms with Crippen LogP contribution in [0.4, 0.5) is 0 Å². The Morgan fingerprint density at radius 3 is 2.07 bits per heavy atom. The molecule has 0 bridgehead atoms. The molecule has 7 fully saturated rings. The van der Waals surface area contributed by atoms with Crippen LogP contribution in [-0.4, -0.2) is 192 Å². The minimum absolute atomic E-state index is 0.0470. The Balaban J connectivity index is 0.968. The standard InChI is InChI=1S/C53H82O21/c1-23-34(58)26(56)17-33(68-23)70-32-19-48(2,3)18-25-24-9-10-30-50(5)13-12-31(51(6,22-55)29(50)11-14-53(30,8)52(24,7)16-15-49(25,32)4)71-47-43(39(63)38(62)41(72-47)44(65)66)74-46-42(35(59)27(57)21-67-46)73-45-40(64)37(61)36(60)28(20-54)69-45/h9,25,27-33,35-43,45-47,54-55,57-64H,10-22H2,1-8H3,(H,65,66)/t25-,27-,28+,29+,30+,31-,32+,33-,35-,36+,37-,38-,39-,40+,41-,42+,43+,45-,46-,47+,49+,50-,51+,52+,53+/m0/s1. The molecule has 420 valence electrons. The molecule has 21 nitrogen and oxygen atoms in total. The van der Waals surface area contributed by atoms with Gasteiger partial charge in [0.2, 0.25) is 12.1 Å². The summed E-state index contributed by atoms with van der Waals surface area (Å²) in [6.07, 6.45) is -17.5. The number of Topliss-reactive ketones (excluding diaryl/α,β-unsaturated/α-hetero) is 1. The Morgan fingerprint density at radius 2 is 1.41 bits per heavy atom. The third-order valence-electron chi connectivity index (χ3n) is 20.7. The maximum absolute atomic E-state index is 12.7. The highest BCUT2D eigenvalue weighted by Gasteiger charge is 2.70. The molecule has 25 atom stereocenters. The Labute approximate surface area is 431 Å². The fourth-order valence-corrected chi connectivity index (χ4v) is 16.1. The Hall–Kier alpha value is -2.42. The fraction of sp³-hybridized carbons (Fsp3) is 0.887. The van der Waals surface area contributed by atoms with Gasteiger partial charge in [-0.1, -0.05) is 60.1 Å². The van der Waals surface area contributed by atoms with Gasteiger partial charge in [0.25, 0.3) is 0 Å². The molecule has 5 aliphatic carbocycles. The third kappa shape index (κ3) is 9.01. The number of aliphatic hydroxyl groups is 10. The number of rotatable bonds is 11. The summed E-state index contributed by atoms with van der Waals surface area (Å²) in [6.45, 7) is 16.0. The van der Waals surface area contributed by atoms with Crippen molar-refractivity contribution in [3.05, 3.63) is 23.2 Å². The van der Waals surface area contributed by atoms with Crippen LogP contribution in [0.15, 0.2) is 23.2 Å². The summed E-state index contributed by atoms with van der Waals surface area (Å²) in [7, 11) is 0. The zero-order valence-electron chi connectivity index (χ0n) is 43.8. The van der Waals surface area contributed by atoms with Gasteiger partial charge in [-0.2, -0.15) is 0 Å². The molecule has 4 heterocycles. The first-order valence-electron chi connectivity index (χ1n) is 26.6. The number of carbonyl (C=O) groups is 2. The van der Waals surface area contributed by atoms with Crippen molar-refractivity contribution in [1.29, 1.82) is 0 Å². The first-order valence-corrected chi connectivity index (χ1v) is 26.6. The zero-order valence-corrected chi connectivity index (χ0v) is 43.8. The highest BCUT2D eigenvalue weighted by molar-refractivity contribution is 5.94. The lowest BCUT2D eigenvalue weighted by atomic mass is 9.33. The minimum atomic E-state index is -2.06. The molecule has 0 unspecified atom stereocenters. The van der Waals surface area contributed by atoms with Gasteiger partial charge in [0.15, 0.2) is 30.7 Å². The van der Waals surface area contributed by atoms with E-state index in [4.69, 9.17) is 37.9 Å². The van der Waals surface area contributed by atoms with Gasteiger partial charge in [-0.25, -0.2) is 4.79 Å². The molecule has 0 aromatic rings. The predicted molar refractivity (Wildman–Crippen MR) is 255 cm³/mol. The summed E-state index contributed by atoms with van der Waals surface area (Å²) in [5.41, 5.74) is -0.479. The van der Waals surface area contributed by atoms with Crippen LogP contribution in [0.2, 0.25) is 0 Å². The Bertz CT molecular complexity index is 2170. The van der Waals surface area contributed by atoms with Crippen molar-refractivity contribution in [1.82, 2.24) is 0 Å². The summed E-state index contributed by atoms with van der Waals surface area (Å²) < 4.78 is 48.7. The van der Waals surface area contributed by atoms with Crippen molar-refractivity contribution in [2.75, 3.05) is 19.8 Å². The maximum atomic E-state index is 12.7. The number of carbonyl (C=O) groups excluding carboxylic acids is 1. The summed E-state index contributed by atoms with van der Waals surface area (Å²) in [6, 6.07) is 0. The van der Waals surface area contributed by atoms with E-state index < -0.39 is 123 Å². The highest BCUT2D eigenvalue weighted by Crippen LogP contribution is 2.76. The molecule has 9 aliphatic rings. The van der Waals surface area contributed by atoms with Crippen molar-refractivity contribution in [2.24, 2.45) is 50.2 Å². The number of hydrogen-bond donors (Lipinski definition) is 11. The molecule has 4 saturated carbocycles. The zero-order chi connectivity index (χ0) is 54.0. The molecule has 21 heteroatoms. The molecular formula is C53H82O21. The van der Waals surface area contributed by atoms with Crippen LogP contribution in [-0.2, 0) is 47.5 Å². The first kappa shape index (κ1) is 56.3. The van der Waals surface area contributed by atoms with E-state index >= 15 is 0 Å². The topological polar surface area (TPSA) is 331 Å². The van der Waals surface area contributed by atoms with Gasteiger partial charge in [-0.15, -0.1) is 0 Å². The number of hydrogen-bond acceptors (Lipinski definition) is 20. The number of carboxylic acid groups (broad SMARTS) is 1. The van der Waals surface area contributed by atoms with Gasteiger partial charge < -0.3 is 94.1 Å². The van der Waals surface area contributed by atoms with Crippen LogP contribution in [0.1, 0.15) is 120 Å². The molecule has 3 saturated heterocycles. The first-order chi connectivity index (χ1) is 34.6. The van der Waals surface area contributed by atoms with Crippen molar-refractivity contribution in [2.45, 2.75) is 224 Å². The number of aliphatic hydroxyl groups excluding tert-OH is 10. The Kier molecular flexibility index (Phi) is 15.2. The van der Waals surface area contributed by atoms with E-state index in [1.165, 1.54) is 5.57 Å². The van der Waals surface area contributed by atoms with Crippen molar-refractivity contribution in [3.8, 4) is 0 Å². The fourth-order valence-electron chi connectivity index (χ4n) is 16.1. The molecule has 9 rings (SSSR count). The van der Waals surface area contributed by atoms with Gasteiger partial charge in [-0.05, 0) is 104 Å². The van der Waals surface area contributed by atoms with Gasteiger partial charge in [0.1, 0.15) is 66.8 Å². The van der Waals surface area contributed by atoms with Crippen molar-refractivity contribution < 1.29 is 104 Å². The quantitative estimate of drug-likeness (QED) is 0.103.